The molecule has 0 saturated carbocycles. The molecular formula is C30H31NO4. The summed E-state index contributed by atoms with van der Waals surface area (Å²) >= 11 is 0. The van der Waals surface area contributed by atoms with Gasteiger partial charge in [-0.15, -0.1) is 0 Å². The van der Waals surface area contributed by atoms with Gasteiger partial charge in [-0.05, 0) is 60.2 Å². The number of hydrogen-bond donors (Lipinski definition) is 1. The van der Waals surface area contributed by atoms with E-state index in [1.165, 1.54) is 17.6 Å². The quantitative estimate of drug-likeness (QED) is 0.241. The summed E-state index contributed by atoms with van der Waals surface area (Å²) in [5.74, 6) is -1.02. The molecule has 1 unspecified atom stereocenters. The van der Waals surface area contributed by atoms with Crippen molar-refractivity contribution in [3.05, 3.63) is 101 Å². The number of aliphatic hydroxyl groups excluding tert-OH is 1. The van der Waals surface area contributed by atoms with Gasteiger partial charge in [0.2, 0.25) is 0 Å². The highest BCUT2D eigenvalue weighted by Crippen LogP contribution is 2.42. The van der Waals surface area contributed by atoms with Crippen molar-refractivity contribution in [2.75, 3.05) is 12.0 Å². The number of benzene rings is 3. The Bertz CT molecular complexity index is 1240. The highest BCUT2D eigenvalue weighted by atomic mass is 16.5. The predicted octanol–water partition coefficient (Wildman–Crippen LogP) is 6.23. The molecular weight excluding hydrogens is 438 g/mol. The highest BCUT2D eigenvalue weighted by Gasteiger charge is 2.46. The molecule has 5 heteroatoms. The first kappa shape index (κ1) is 24.3. The van der Waals surface area contributed by atoms with E-state index < -0.39 is 17.7 Å². The molecule has 1 saturated heterocycles. The summed E-state index contributed by atoms with van der Waals surface area (Å²) in [6.45, 7) is 4.23. The number of amides is 1. The molecule has 1 N–H and O–H groups in total. The van der Waals surface area contributed by atoms with Crippen molar-refractivity contribution in [1.29, 1.82) is 0 Å². The van der Waals surface area contributed by atoms with E-state index in [0.29, 0.717) is 17.0 Å². The number of hydrogen-bond acceptors (Lipinski definition) is 4. The van der Waals surface area contributed by atoms with Crippen molar-refractivity contribution >= 4 is 23.1 Å². The number of Topliss-reactive ketones (excluding diaryl/α,β-unsaturated/α-hetero) is 1. The van der Waals surface area contributed by atoms with Crippen LogP contribution in [0.5, 0.6) is 5.75 Å². The van der Waals surface area contributed by atoms with Gasteiger partial charge in [0.15, 0.2) is 0 Å². The summed E-state index contributed by atoms with van der Waals surface area (Å²) in [5, 5.41) is 11.3. The van der Waals surface area contributed by atoms with E-state index in [4.69, 9.17) is 4.74 Å². The van der Waals surface area contributed by atoms with Gasteiger partial charge in [0.05, 0.1) is 18.7 Å². The molecule has 0 aliphatic carbocycles. The minimum atomic E-state index is -0.742. The zero-order chi connectivity index (χ0) is 24.9. The largest absolute Gasteiger partial charge is 0.507 e. The Morgan fingerprint density at radius 3 is 2.26 bits per heavy atom. The maximum Gasteiger partial charge on any atom is 0.300 e. The Morgan fingerprint density at radius 1 is 0.943 bits per heavy atom. The van der Waals surface area contributed by atoms with Crippen molar-refractivity contribution in [2.24, 2.45) is 0 Å². The lowest BCUT2D eigenvalue weighted by molar-refractivity contribution is -0.132. The Labute approximate surface area is 206 Å². The molecule has 0 bridgehead atoms. The molecule has 0 spiro atoms. The van der Waals surface area contributed by atoms with Crippen molar-refractivity contribution in [2.45, 2.75) is 45.6 Å². The molecule has 3 aromatic carbocycles. The molecule has 0 radical (unpaired) electrons. The zero-order valence-corrected chi connectivity index (χ0v) is 20.5. The monoisotopic (exact) mass is 469 g/mol. The lowest BCUT2D eigenvalue weighted by Crippen LogP contribution is -2.29. The van der Waals surface area contributed by atoms with Gasteiger partial charge < -0.3 is 9.84 Å². The van der Waals surface area contributed by atoms with Gasteiger partial charge in [0.25, 0.3) is 11.7 Å². The van der Waals surface area contributed by atoms with Crippen LogP contribution in [0.15, 0.2) is 78.4 Å². The van der Waals surface area contributed by atoms with E-state index in [2.05, 4.69) is 13.8 Å². The van der Waals surface area contributed by atoms with Gasteiger partial charge >= 0.3 is 0 Å². The molecule has 4 rings (SSSR count). The van der Waals surface area contributed by atoms with Crippen molar-refractivity contribution in [3.8, 4) is 5.75 Å². The summed E-state index contributed by atoms with van der Waals surface area (Å²) in [7, 11) is 1.54. The first-order valence-corrected chi connectivity index (χ1v) is 12.1. The molecule has 3 aromatic rings. The molecule has 5 nitrogen and oxygen atoms in total. The summed E-state index contributed by atoms with van der Waals surface area (Å²) in [6, 6.07) is 21.7. The van der Waals surface area contributed by atoms with Gasteiger partial charge in [-0.25, -0.2) is 0 Å². The van der Waals surface area contributed by atoms with E-state index in [1.54, 1.807) is 24.3 Å². The average Bonchev–Trinajstić information content (AvgIpc) is 3.17. The smallest absolute Gasteiger partial charge is 0.300 e. The number of rotatable bonds is 8. The van der Waals surface area contributed by atoms with E-state index in [0.717, 1.165) is 36.8 Å². The lowest BCUT2D eigenvalue weighted by atomic mass is 9.94. The summed E-state index contributed by atoms with van der Waals surface area (Å²) in [4.78, 5) is 28.2. The fraction of sp³-hybridized carbons (Fsp3) is 0.267. The van der Waals surface area contributed by atoms with E-state index in [9.17, 15) is 14.7 Å². The number of ether oxygens (including phenoxy) is 1. The summed E-state index contributed by atoms with van der Waals surface area (Å²) in [6.07, 6.45) is 4.04. The molecule has 1 heterocycles. The number of aryl methyl sites for hydroxylation is 2. The number of methoxy groups -OCH3 is 1. The van der Waals surface area contributed by atoms with Crippen molar-refractivity contribution in [3.63, 3.8) is 0 Å². The second-order valence-electron chi connectivity index (χ2n) is 8.77. The average molecular weight is 470 g/mol. The molecule has 1 fully saturated rings. The zero-order valence-electron chi connectivity index (χ0n) is 20.5. The number of carbonyl (C=O) groups is 2. The number of carbonyl (C=O) groups excluding carboxylic acids is 2. The molecule has 1 aliphatic rings. The first-order chi connectivity index (χ1) is 17.0. The Balaban J connectivity index is 1.85. The third-order valence-corrected chi connectivity index (χ3v) is 6.52. The van der Waals surface area contributed by atoms with Gasteiger partial charge in [-0.1, -0.05) is 68.8 Å². The van der Waals surface area contributed by atoms with Crippen LogP contribution in [0.1, 0.15) is 55.0 Å². The van der Waals surface area contributed by atoms with E-state index in [1.807, 2.05) is 48.5 Å². The molecule has 1 amide bonds. The van der Waals surface area contributed by atoms with Gasteiger partial charge in [-0.2, -0.15) is 0 Å². The second kappa shape index (κ2) is 10.6. The highest BCUT2D eigenvalue weighted by molar-refractivity contribution is 6.51. The van der Waals surface area contributed by atoms with Crippen molar-refractivity contribution in [1.82, 2.24) is 0 Å². The van der Waals surface area contributed by atoms with Gasteiger partial charge in [-0.3, -0.25) is 14.5 Å². The fourth-order valence-electron chi connectivity index (χ4n) is 4.48. The minimum Gasteiger partial charge on any atom is -0.507 e. The van der Waals surface area contributed by atoms with Gasteiger partial charge in [0, 0.05) is 11.3 Å². The topological polar surface area (TPSA) is 66.8 Å². The molecule has 180 valence electrons. The molecule has 35 heavy (non-hydrogen) atoms. The van der Waals surface area contributed by atoms with Crippen LogP contribution in [0.4, 0.5) is 5.69 Å². The third kappa shape index (κ3) is 4.85. The van der Waals surface area contributed by atoms with Crippen LogP contribution in [0, 0.1) is 0 Å². The number of nitrogens with zero attached hydrogens (tertiary/aromatic N) is 1. The minimum absolute atomic E-state index is 0.0718. The van der Waals surface area contributed by atoms with Gasteiger partial charge in [0.1, 0.15) is 11.5 Å². The second-order valence-corrected chi connectivity index (χ2v) is 8.77. The van der Waals surface area contributed by atoms with Crippen LogP contribution < -0.4 is 9.64 Å². The Morgan fingerprint density at radius 2 is 1.63 bits per heavy atom. The Kier molecular flexibility index (Phi) is 7.35. The summed E-state index contributed by atoms with van der Waals surface area (Å²) in [5.41, 5.74) is 4.23. The predicted molar refractivity (Wildman–Crippen MR) is 139 cm³/mol. The number of anilines is 1. The summed E-state index contributed by atoms with van der Waals surface area (Å²) < 4.78 is 5.29. The van der Waals surface area contributed by atoms with Crippen LogP contribution in [0.2, 0.25) is 0 Å². The van der Waals surface area contributed by atoms with Crippen LogP contribution in [-0.4, -0.2) is 23.9 Å². The number of ketones is 1. The van der Waals surface area contributed by atoms with Crippen LogP contribution in [-0.2, 0) is 22.4 Å². The molecule has 0 aromatic heterocycles. The number of unbranched alkanes of at least 4 members (excludes halogenated alkanes) is 1. The SMILES string of the molecule is CCCCc1ccc(N2C(=O)C(=O)/C(=C(\O)c3cccc(OC)c3)C2c2ccc(CC)cc2)cc1. The molecule has 1 aliphatic heterocycles. The first-order valence-electron chi connectivity index (χ1n) is 12.1. The molecule has 1 atom stereocenters. The van der Waals surface area contributed by atoms with Crippen LogP contribution in [0.25, 0.3) is 5.76 Å². The number of aliphatic hydroxyl groups is 1. The standard InChI is InChI=1S/C30H31NO4/c1-4-6-8-21-13-17-24(18-14-21)31-27(22-15-11-20(5-2)12-16-22)26(29(33)30(31)34)28(32)23-9-7-10-25(19-23)35-3/h7,9-19,27,32H,4-6,8H2,1-3H3/b28-26-. The maximum atomic E-state index is 13.3. The van der Waals surface area contributed by atoms with Crippen molar-refractivity contribution < 1.29 is 19.4 Å². The third-order valence-electron chi connectivity index (χ3n) is 6.52. The maximum absolute atomic E-state index is 13.3. The lowest BCUT2D eigenvalue weighted by Gasteiger charge is -2.26. The van der Waals surface area contributed by atoms with E-state index >= 15 is 0 Å². The fourth-order valence-corrected chi connectivity index (χ4v) is 4.48. The van der Waals surface area contributed by atoms with Crippen LogP contribution in [0.3, 0.4) is 0 Å². The Hall–Kier alpha value is -3.86. The van der Waals surface area contributed by atoms with E-state index in [-0.39, 0.29) is 11.3 Å². The van der Waals surface area contributed by atoms with Crippen LogP contribution >= 0.6 is 0 Å². The normalized spacial score (nSPS) is 17.1.